The minimum Gasteiger partial charge on any atom is -0.390 e. The Hall–Kier alpha value is -2.21. The summed E-state index contributed by atoms with van der Waals surface area (Å²) in [5.41, 5.74) is 9.66. The molecule has 1 aromatic heterocycles. The van der Waals surface area contributed by atoms with Gasteiger partial charge in [0.25, 0.3) is 0 Å². The number of carbonyl (C=O) groups excluding carboxylic acids is 1. The molecule has 6 heteroatoms. The summed E-state index contributed by atoms with van der Waals surface area (Å²) in [4.78, 5) is 17.5. The predicted octanol–water partition coefficient (Wildman–Crippen LogP) is 8.49. The third-order valence-corrected chi connectivity index (χ3v) is 9.26. The molecule has 5 rings (SSSR count). The molecular formula is C30H34ClFN2OS. The van der Waals surface area contributed by atoms with Gasteiger partial charge in [-0.25, -0.2) is 4.39 Å². The molecule has 190 valence electrons. The van der Waals surface area contributed by atoms with Crippen LogP contribution in [0.5, 0.6) is 0 Å². The number of carbonyl (C=O) groups is 1. The summed E-state index contributed by atoms with van der Waals surface area (Å²) in [6, 6.07) is 14.6. The van der Waals surface area contributed by atoms with E-state index in [0.717, 1.165) is 16.0 Å². The number of nitrogen functional groups attached to an aromatic ring is 1. The molecule has 0 aliphatic heterocycles. The highest BCUT2D eigenvalue weighted by atomic mass is 35.5. The number of anilines is 1. The highest BCUT2D eigenvalue weighted by Gasteiger charge is 2.32. The van der Waals surface area contributed by atoms with Crippen molar-refractivity contribution in [3.8, 4) is 10.4 Å². The fraction of sp³-hybridized carbons (Fsp3) is 0.433. The van der Waals surface area contributed by atoms with Gasteiger partial charge in [-0.2, -0.15) is 0 Å². The molecule has 2 saturated carbocycles. The lowest BCUT2D eigenvalue weighted by Gasteiger charge is -2.42. The first kappa shape index (κ1) is 25.4. The fourth-order valence-electron chi connectivity index (χ4n) is 6.03. The van der Waals surface area contributed by atoms with Gasteiger partial charge in [0, 0.05) is 34.1 Å². The number of rotatable bonds is 7. The largest absolute Gasteiger partial charge is 0.390 e. The van der Waals surface area contributed by atoms with Crippen LogP contribution >= 0.6 is 22.9 Å². The molecule has 0 amide bonds. The number of hydrogen-bond acceptors (Lipinski definition) is 4. The average Bonchev–Trinajstić information content (AvgIpc) is 3.24. The van der Waals surface area contributed by atoms with Crippen LogP contribution in [0.1, 0.15) is 85.7 Å². The quantitative estimate of drug-likeness (QED) is 0.315. The van der Waals surface area contributed by atoms with Crippen molar-refractivity contribution in [2.45, 2.75) is 82.8 Å². The summed E-state index contributed by atoms with van der Waals surface area (Å²) < 4.78 is 13.8. The predicted molar refractivity (Wildman–Crippen MR) is 148 cm³/mol. The second-order valence-electron chi connectivity index (χ2n) is 10.2. The van der Waals surface area contributed by atoms with E-state index in [-0.39, 0.29) is 11.6 Å². The zero-order chi connectivity index (χ0) is 25.1. The van der Waals surface area contributed by atoms with E-state index < -0.39 is 0 Å². The third-order valence-electron chi connectivity index (χ3n) is 7.90. The lowest BCUT2D eigenvalue weighted by Crippen LogP contribution is -2.44. The zero-order valence-electron chi connectivity index (χ0n) is 20.6. The van der Waals surface area contributed by atoms with E-state index in [0.29, 0.717) is 39.8 Å². The lowest BCUT2D eigenvalue weighted by molar-refractivity contribution is 0.0728. The molecule has 3 aromatic rings. The van der Waals surface area contributed by atoms with Gasteiger partial charge in [0.2, 0.25) is 0 Å². The molecule has 0 unspecified atom stereocenters. The van der Waals surface area contributed by atoms with E-state index in [2.05, 4.69) is 4.90 Å². The van der Waals surface area contributed by atoms with Gasteiger partial charge in [-0.05, 0) is 73.2 Å². The molecule has 0 spiro atoms. The molecular weight excluding hydrogens is 491 g/mol. The Bertz CT molecular complexity index is 1160. The van der Waals surface area contributed by atoms with E-state index in [1.54, 1.807) is 36.4 Å². The first-order valence-corrected chi connectivity index (χ1v) is 14.4. The van der Waals surface area contributed by atoms with E-state index in [4.69, 9.17) is 17.3 Å². The van der Waals surface area contributed by atoms with Crippen LogP contribution < -0.4 is 5.73 Å². The zero-order valence-corrected chi connectivity index (χ0v) is 22.2. The van der Waals surface area contributed by atoms with E-state index in [1.807, 2.05) is 0 Å². The van der Waals surface area contributed by atoms with E-state index in [1.165, 1.54) is 87.7 Å². The van der Waals surface area contributed by atoms with Crippen LogP contribution in [0.15, 0.2) is 48.5 Å². The molecule has 2 N–H and O–H groups in total. The van der Waals surface area contributed by atoms with Crippen molar-refractivity contribution >= 4 is 33.7 Å². The van der Waals surface area contributed by atoms with Crippen LogP contribution in [0.25, 0.3) is 10.4 Å². The summed E-state index contributed by atoms with van der Waals surface area (Å²) in [7, 11) is 0. The van der Waals surface area contributed by atoms with Gasteiger partial charge < -0.3 is 5.73 Å². The molecule has 2 aliphatic rings. The molecule has 1 heterocycles. The van der Waals surface area contributed by atoms with Gasteiger partial charge in [0.05, 0.1) is 10.6 Å². The Kier molecular flexibility index (Phi) is 8.09. The minimum atomic E-state index is -0.270. The van der Waals surface area contributed by atoms with Crippen LogP contribution in [0.2, 0.25) is 5.02 Å². The number of hydrogen-bond donors (Lipinski definition) is 1. The van der Waals surface area contributed by atoms with Gasteiger partial charge in [0.1, 0.15) is 5.82 Å². The normalized spacial score (nSPS) is 17.5. The summed E-state index contributed by atoms with van der Waals surface area (Å²) in [5.74, 6) is -0.343. The van der Waals surface area contributed by atoms with E-state index >= 15 is 0 Å². The molecule has 3 nitrogen and oxygen atoms in total. The number of nitrogens with two attached hydrogens (primary N) is 1. The first-order valence-electron chi connectivity index (χ1n) is 13.2. The maximum Gasteiger partial charge on any atom is 0.196 e. The number of thiophene rings is 1. The maximum atomic E-state index is 13.8. The van der Waals surface area contributed by atoms with Gasteiger partial charge in [-0.15, -0.1) is 11.3 Å². The Labute approximate surface area is 222 Å². The third kappa shape index (κ3) is 5.53. The van der Waals surface area contributed by atoms with Crippen LogP contribution in [-0.2, 0) is 6.54 Å². The monoisotopic (exact) mass is 524 g/mol. The molecule has 2 aliphatic carbocycles. The fourth-order valence-corrected chi connectivity index (χ4v) is 7.24. The highest BCUT2D eigenvalue weighted by molar-refractivity contribution is 7.20. The number of nitrogens with zero attached hydrogens (tertiary/aromatic N) is 1. The molecule has 2 aromatic carbocycles. The Morgan fingerprint density at radius 2 is 1.44 bits per heavy atom. The Morgan fingerprint density at radius 1 is 0.889 bits per heavy atom. The topological polar surface area (TPSA) is 46.3 Å². The summed E-state index contributed by atoms with van der Waals surface area (Å²) >= 11 is 7.53. The second kappa shape index (κ2) is 11.5. The van der Waals surface area contributed by atoms with E-state index in [9.17, 15) is 9.18 Å². The van der Waals surface area contributed by atoms with Gasteiger partial charge in [0.15, 0.2) is 5.78 Å². The number of halogens is 2. The van der Waals surface area contributed by atoms with Crippen LogP contribution in [0.4, 0.5) is 9.39 Å². The number of benzene rings is 2. The van der Waals surface area contributed by atoms with Crippen LogP contribution in [0.3, 0.4) is 0 Å². The van der Waals surface area contributed by atoms with Crippen molar-refractivity contribution in [1.82, 2.24) is 4.90 Å². The van der Waals surface area contributed by atoms with Crippen molar-refractivity contribution in [3.05, 3.63) is 76.1 Å². The van der Waals surface area contributed by atoms with Gasteiger partial charge in [-0.3, -0.25) is 9.69 Å². The summed E-state index contributed by atoms with van der Waals surface area (Å²) in [5, 5.41) is 1.12. The minimum absolute atomic E-state index is 0.0731. The van der Waals surface area contributed by atoms with Gasteiger partial charge in [-0.1, -0.05) is 62.3 Å². The second-order valence-corrected chi connectivity index (χ2v) is 11.7. The lowest BCUT2D eigenvalue weighted by atomic mass is 9.87. The molecule has 0 saturated heterocycles. The number of ketones is 1. The Balaban J connectivity index is 1.59. The van der Waals surface area contributed by atoms with Crippen LogP contribution in [0, 0.1) is 5.82 Å². The standard InChI is InChI=1S/C30H34ClFN2OS/c31-22-15-11-20(12-16-22)28(35)27-26(29(36-30(27)33)21-13-17-23(32)18-14-21)19-34(24-7-3-1-4-8-24)25-9-5-2-6-10-25/h11-18,24-25H,1-10,19,33H2. The van der Waals surface area contributed by atoms with Crippen molar-refractivity contribution in [1.29, 1.82) is 0 Å². The van der Waals surface area contributed by atoms with Crippen molar-refractivity contribution in [2.24, 2.45) is 0 Å². The molecule has 0 bridgehead atoms. The van der Waals surface area contributed by atoms with Crippen molar-refractivity contribution in [2.75, 3.05) is 5.73 Å². The average molecular weight is 525 g/mol. The SMILES string of the molecule is Nc1sc(-c2ccc(F)cc2)c(CN(C2CCCCC2)C2CCCCC2)c1C(=O)c1ccc(Cl)cc1. The van der Waals surface area contributed by atoms with Crippen molar-refractivity contribution in [3.63, 3.8) is 0 Å². The smallest absolute Gasteiger partial charge is 0.196 e. The highest BCUT2D eigenvalue weighted by Crippen LogP contribution is 2.42. The molecule has 36 heavy (non-hydrogen) atoms. The van der Waals surface area contributed by atoms with Crippen LogP contribution in [-0.4, -0.2) is 22.8 Å². The molecule has 2 fully saturated rings. The van der Waals surface area contributed by atoms with Gasteiger partial charge >= 0.3 is 0 Å². The summed E-state index contributed by atoms with van der Waals surface area (Å²) in [6.07, 6.45) is 12.5. The molecule has 0 atom stereocenters. The molecule has 0 radical (unpaired) electrons. The first-order chi connectivity index (χ1) is 17.5. The summed E-state index contributed by atoms with van der Waals surface area (Å²) in [6.45, 7) is 0.699. The maximum absolute atomic E-state index is 13.8. The Morgan fingerprint density at radius 3 is 2.00 bits per heavy atom. The van der Waals surface area contributed by atoms with Crippen molar-refractivity contribution < 1.29 is 9.18 Å².